The molecule has 0 bridgehead atoms. The lowest BCUT2D eigenvalue weighted by Gasteiger charge is -2.33. The van der Waals surface area contributed by atoms with Crippen LogP contribution in [0.5, 0.6) is 0 Å². The van der Waals surface area contributed by atoms with E-state index in [0.29, 0.717) is 31.6 Å². The molecular weight excluding hydrogens is 484 g/mol. The largest absolute Gasteiger partial charge is 0.462 e. The summed E-state index contributed by atoms with van der Waals surface area (Å²) in [6.45, 7) is 0.224. The standard InChI is InChI=1S/C22H25F6N3O4/c23-21(24,25)18(22(26,27)28)35-20(33)30-10-7-15(8-11-30)6-9-29-19(32)31-12-13-34-17(14-31)16-4-2-1-3-5-16/h1-2,4,12-15,18H,3,5-11H2,(H,29,32). The number of ether oxygens (including phenoxy) is 2. The van der Waals surface area contributed by atoms with Crippen molar-refractivity contribution in [2.45, 2.75) is 50.6 Å². The van der Waals surface area contributed by atoms with E-state index in [1.807, 2.05) is 18.2 Å². The number of carbonyl (C=O) groups is 2. The number of rotatable bonds is 5. The number of alkyl halides is 6. The summed E-state index contributed by atoms with van der Waals surface area (Å²) < 4.78 is 84.7. The Morgan fingerprint density at radius 2 is 1.83 bits per heavy atom. The van der Waals surface area contributed by atoms with Crippen LogP contribution < -0.4 is 5.32 Å². The molecule has 0 aromatic rings. The van der Waals surface area contributed by atoms with Gasteiger partial charge in [0.15, 0.2) is 0 Å². The second kappa shape index (κ2) is 11.1. The Bertz CT molecular complexity index is 888. The summed E-state index contributed by atoms with van der Waals surface area (Å²) >= 11 is 0. The van der Waals surface area contributed by atoms with Crippen LogP contribution in [0.2, 0.25) is 0 Å². The highest BCUT2D eigenvalue weighted by Gasteiger charge is 2.60. The first-order valence-electron chi connectivity index (χ1n) is 11.0. The van der Waals surface area contributed by atoms with Crippen LogP contribution in [0.4, 0.5) is 35.9 Å². The van der Waals surface area contributed by atoms with Crippen molar-refractivity contribution in [2.24, 2.45) is 5.92 Å². The smallest absolute Gasteiger partial charge is 0.434 e. The first-order chi connectivity index (χ1) is 16.4. The molecule has 0 aromatic carbocycles. The summed E-state index contributed by atoms with van der Waals surface area (Å²) in [4.78, 5) is 26.5. The minimum absolute atomic E-state index is 0.0332. The van der Waals surface area contributed by atoms with Gasteiger partial charge in [0.1, 0.15) is 12.0 Å². The number of carbonyl (C=O) groups excluding carboxylic acids is 2. The van der Waals surface area contributed by atoms with Crippen LogP contribution in [0.1, 0.15) is 32.1 Å². The summed E-state index contributed by atoms with van der Waals surface area (Å²) in [6.07, 6.45) is -4.07. The summed E-state index contributed by atoms with van der Waals surface area (Å²) in [7, 11) is 0. The molecule has 0 spiro atoms. The third-order valence-corrected chi connectivity index (χ3v) is 5.75. The first-order valence-corrected chi connectivity index (χ1v) is 11.0. The summed E-state index contributed by atoms with van der Waals surface area (Å²) in [5.74, 6) is 0.607. The molecule has 2 aliphatic heterocycles. The molecule has 0 unspecified atom stereocenters. The molecule has 0 aromatic heterocycles. The molecular formula is C22H25F6N3O4. The van der Waals surface area contributed by atoms with Gasteiger partial charge in [-0.25, -0.2) is 9.59 Å². The van der Waals surface area contributed by atoms with E-state index in [4.69, 9.17) is 4.74 Å². The molecule has 1 N–H and O–H groups in total. The molecule has 0 radical (unpaired) electrons. The Balaban J connectivity index is 1.41. The van der Waals surface area contributed by atoms with E-state index < -0.39 is 24.5 Å². The molecule has 2 heterocycles. The zero-order chi connectivity index (χ0) is 25.6. The number of allylic oxidation sites excluding steroid dienone is 4. The molecule has 1 saturated heterocycles. The lowest BCUT2D eigenvalue weighted by molar-refractivity contribution is -0.308. The topological polar surface area (TPSA) is 71.1 Å². The van der Waals surface area contributed by atoms with Gasteiger partial charge in [-0.3, -0.25) is 4.90 Å². The summed E-state index contributed by atoms with van der Waals surface area (Å²) in [5.41, 5.74) is 0.969. The van der Waals surface area contributed by atoms with E-state index in [0.717, 1.165) is 23.3 Å². The van der Waals surface area contributed by atoms with Crippen LogP contribution in [0.3, 0.4) is 0 Å². The van der Waals surface area contributed by atoms with Gasteiger partial charge in [0, 0.05) is 25.8 Å². The molecule has 13 heteroatoms. The zero-order valence-corrected chi connectivity index (χ0v) is 18.6. The van der Waals surface area contributed by atoms with Crippen molar-refractivity contribution in [3.63, 3.8) is 0 Å². The van der Waals surface area contributed by atoms with Gasteiger partial charge in [0.05, 0.1) is 6.20 Å². The van der Waals surface area contributed by atoms with Gasteiger partial charge < -0.3 is 19.7 Å². The lowest BCUT2D eigenvalue weighted by atomic mass is 9.94. The zero-order valence-electron chi connectivity index (χ0n) is 18.6. The maximum atomic E-state index is 12.6. The Hall–Kier alpha value is -3.12. The minimum atomic E-state index is -5.75. The van der Waals surface area contributed by atoms with Crippen molar-refractivity contribution in [2.75, 3.05) is 19.6 Å². The average Bonchev–Trinajstić information content (AvgIpc) is 2.82. The highest BCUT2D eigenvalue weighted by Crippen LogP contribution is 2.36. The fourth-order valence-corrected chi connectivity index (χ4v) is 3.84. The van der Waals surface area contributed by atoms with Crippen LogP contribution >= 0.6 is 0 Å². The van der Waals surface area contributed by atoms with Gasteiger partial charge in [-0.2, -0.15) is 26.3 Å². The number of hydrogen-bond donors (Lipinski definition) is 1. The average molecular weight is 509 g/mol. The van der Waals surface area contributed by atoms with Crippen molar-refractivity contribution in [1.29, 1.82) is 0 Å². The molecule has 0 atom stereocenters. The third-order valence-electron chi connectivity index (χ3n) is 5.75. The molecule has 3 amide bonds. The number of urea groups is 1. The van der Waals surface area contributed by atoms with Crippen LogP contribution in [0.15, 0.2) is 48.2 Å². The maximum absolute atomic E-state index is 12.6. The fraction of sp³-hybridized carbons (Fsp3) is 0.545. The molecule has 1 aliphatic carbocycles. The number of nitrogens with zero attached hydrogens (tertiary/aromatic N) is 2. The van der Waals surface area contributed by atoms with Crippen LogP contribution in [0, 0.1) is 5.92 Å². The SMILES string of the molecule is O=C(NCCC1CCN(C(=O)OC(C(F)(F)F)C(F)(F)F)CC1)N1C=COC(C2=CC=CCC2)=C1. The minimum Gasteiger partial charge on any atom is -0.462 e. The number of hydrogen-bond acceptors (Lipinski definition) is 4. The van der Waals surface area contributed by atoms with E-state index in [9.17, 15) is 35.9 Å². The number of halogens is 6. The number of amides is 3. The highest BCUT2D eigenvalue weighted by molar-refractivity contribution is 5.76. The van der Waals surface area contributed by atoms with Gasteiger partial charge in [0.2, 0.25) is 0 Å². The highest BCUT2D eigenvalue weighted by atomic mass is 19.4. The lowest BCUT2D eigenvalue weighted by Crippen LogP contribution is -2.49. The van der Waals surface area contributed by atoms with Crippen molar-refractivity contribution in [3.05, 3.63) is 48.2 Å². The normalized spacial score (nSPS) is 19.3. The molecule has 0 saturated carbocycles. The third kappa shape index (κ3) is 7.43. The second-order valence-electron chi connectivity index (χ2n) is 8.26. The fourth-order valence-electron chi connectivity index (χ4n) is 3.84. The summed E-state index contributed by atoms with van der Waals surface area (Å²) in [5, 5.41) is 2.76. The van der Waals surface area contributed by atoms with Crippen LogP contribution in [-0.2, 0) is 9.47 Å². The number of piperidine rings is 1. The molecule has 35 heavy (non-hydrogen) atoms. The van der Waals surface area contributed by atoms with Crippen LogP contribution in [-0.4, -0.2) is 60.0 Å². The van der Waals surface area contributed by atoms with E-state index in [1.54, 1.807) is 6.20 Å². The summed E-state index contributed by atoms with van der Waals surface area (Å²) in [6, 6.07) is -0.375. The van der Waals surface area contributed by atoms with Gasteiger partial charge in [-0.05, 0) is 43.6 Å². The van der Waals surface area contributed by atoms with Gasteiger partial charge in [-0.1, -0.05) is 18.2 Å². The van der Waals surface area contributed by atoms with Gasteiger partial charge in [0.25, 0.3) is 6.10 Å². The van der Waals surface area contributed by atoms with Crippen molar-refractivity contribution in [1.82, 2.24) is 15.1 Å². The van der Waals surface area contributed by atoms with E-state index in [1.165, 1.54) is 17.4 Å². The van der Waals surface area contributed by atoms with Gasteiger partial charge in [-0.15, -0.1) is 0 Å². The van der Waals surface area contributed by atoms with E-state index in [2.05, 4.69) is 10.1 Å². The molecule has 194 valence electrons. The Morgan fingerprint density at radius 1 is 1.14 bits per heavy atom. The Morgan fingerprint density at radius 3 is 2.43 bits per heavy atom. The molecule has 1 fully saturated rings. The number of likely N-dealkylation sites (tertiary alicyclic amines) is 1. The van der Waals surface area contributed by atoms with Crippen LogP contribution in [0.25, 0.3) is 0 Å². The van der Waals surface area contributed by atoms with Crippen molar-refractivity contribution >= 4 is 12.1 Å². The van der Waals surface area contributed by atoms with E-state index >= 15 is 0 Å². The molecule has 7 nitrogen and oxygen atoms in total. The molecule has 3 aliphatic rings. The predicted octanol–water partition coefficient (Wildman–Crippen LogP) is 5.35. The van der Waals surface area contributed by atoms with E-state index in [-0.39, 0.29) is 25.0 Å². The Labute approximate surface area is 197 Å². The molecule has 3 rings (SSSR count). The monoisotopic (exact) mass is 509 g/mol. The van der Waals surface area contributed by atoms with Crippen molar-refractivity contribution < 1.29 is 45.4 Å². The first kappa shape index (κ1) is 26.5. The van der Waals surface area contributed by atoms with Gasteiger partial charge >= 0.3 is 24.5 Å². The number of nitrogens with one attached hydrogen (secondary N) is 1. The second-order valence-corrected chi connectivity index (χ2v) is 8.26. The maximum Gasteiger partial charge on any atom is 0.434 e. The van der Waals surface area contributed by atoms with Crippen molar-refractivity contribution in [3.8, 4) is 0 Å². The quantitative estimate of drug-likeness (QED) is 0.508. The predicted molar refractivity (Wildman–Crippen MR) is 111 cm³/mol. The Kier molecular flexibility index (Phi) is 8.39.